The summed E-state index contributed by atoms with van der Waals surface area (Å²) < 4.78 is 2.26. The maximum absolute atomic E-state index is 8.85. The standard InChI is InChI=1S/C17H16N2OS/c1-2-17-18-14-7-3-4-8-15(14)19(17)12-16-13(6-5-10-20)9-11-21-16/h3-4,7-9,11,20H,2,10,12H2,1H3. The fraction of sp³-hybridized carbons (Fsp3) is 0.235. The lowest BCUT2D eigenvalue weighted by Crippen LogP contribution is -2.04. The number of nitrogens with zero attached hydrogens (tertiary/aromatic N) is 2. The third-order valence-electron chi connectivity index (χ3n) is 3.40. The summed E-state index contributed by atoms with van der Waals surface area (Å²) in [7, 11) is 0. The van der Waals surface area contributed by atoms with E-state index >= 15 is 0 Å². The SMILES string of the molecule is CCc1nc2ccccc2n1Cc1sccc1C#CCO. The van der Waals surface area contributed by atoms with Crippen molar-refractivity contribution in [2.45, 2.75) is 19.9 Å². The Hall–Kier alpha value is -2.09. The van der Waals surface area contributed by atoms with Crippen molar-refractivity contribution in [3.8, 4) is 11.8 Å². The molecule has 3 rings (SSSR count). The van der Waals surface area contributed by atoms with E-state index in [0.717, 1.165) is 35.4 Å². The summed E-state index contributed by atoms with van der Waals surface area (Å²) in [5.41, 5.74) is 3.19. The van der Waals surface area contributed by atoms with Crippen LogP contribution in [0.4, 0.5) is 0 Å². The molecule has 0 aliphatic heterocycles. The minimum absolute atomic E-state index is 0.108. The molecule has 1 N–H and O–H groups in total. The fourth-order valence-electron chi connectivity index (χ4n) is 2.42. The number of aliphatic hydroxyl groups is 1. The van der Waals surface area contributed by atoms with Crippen LogP contribution in [0.25, 0.3) is 11.0 Å². The molecule has 1 aromatic carbocycles. The van der Waals surface area contributed by atoms with E-state index in [4.69, 9.17) is 10.1 Å². The normalized spacial score (nSPS) is 10.6. The van der Waals surface area contributed by atoms with Crippen molar-refractivity contribution in [1.29, 1.82) is 0 Å². The van der Waals surface area contributed by atoms with Gasteiger partial charge >= 0.3 is 0 Å². The number of aromatic nitrogens is 2. The minimum Gasteiger partial charge on any atom is -0.384 e. The molecule has 3 nitrogen and oxygen atoms in total. The van der Waals surface area contributed by atoms with E-state index in [9.17, 15) is 0 Å². The first-order valence-electron chi connectivity index (χ1n) is 6.93. The maximum atomic E-state index is 8.85. The van der Waals surface area contributed by atoms with E-state index in [-0.39, 0.29) is 6.61 Å². The lowest BCUT2D eigenvalue weighted by atomic mass is 10.2. The summed E-state index contributed by atoms with van der Waals surface area (Å²) in [6, 6.07) is 10.2. The number of aryl methyl sites for hydroxylation is 1. The second-order valence-electron chi connectivity index (χ2n) is 4.67. The Morgan fingerprint density at radius 2 is 2.14 bits per heavy atom. The molecule has 0 unspecified atom stereocenters. The van der Waals surface area contributed by atoms with E-state index in [0.29, 0.717) is 0 Å². The predicted octanol–water partition coefficient (Wildman–Crippen LogP) is 3.05. The second-order valence-corrected chi connectivity index (χ2v) is 5.67. The van der Waals surface area contributed by atoms with E-state index in [1.54, 1.807) is 11.3 Å². The first kappa shape index (κ1) is 13.9. The van der Waals surface area contributed by atoms with Crippen molar-refractivity contribution >= 4 is 22.4 Å². The summed E-state index contributed by atoms with van der Waals surface area (Å²) in [6.07, 6.45) is 0.901. The number of fused-ring (bicyclic) bond motifs is 1. The average Bonchev–Trinajstić information content (AvgIpc) is 3.10. The maximum Gasteiger partial charge on any atom is 0.109 e. The fourth-order valence-corrected chi connectivity index (χ4v) is 3.24. The van der Waals surface area contributed by atoms with E-state index < -0.39 is 0 Å². The molecular weight excluding hydrogens is 280 g/mol. The van der Waals surface area contributed by atoms with Gasteiger partial charge in [0.25, 0.3) is 0 Å². The van der Waals surface area contributed by atoms with Gasteiger partial charge < -0.3 is 9.67 Å². The van der Waals surface area contributed by atoms with Crippen LogP contribution in [0.3, 0.4) is 0 Å². The average molecular weight is 296 g/mol. The predicted molar refractivity (Wildman–Crippen MR) is 86.5 cm³/mol. The molecule has 2 aromatic heterocycles. The Morgan fingerprint density at radius 1 is 1.29 bits per heavy atom. The third kappa shape index (κ3) is 2.71. The third-order valence-corrected chi connectivity index (χ3v) is 4.30. The summed E-state index contributed by atoms with van der Waals surface area (Å²) in [6.45, 7) is 2.79. The van der Waals surface area contributed by atoms with Crippen LogP contribution < -0.4 is 0 Å². The van der Waals surface area contributed by atoms with Gasteiger partial charge in [-0.05, 0) is 23.6 Å². The van der Waals surface area contributed by atoms with Gasteiger partial charge in [-0.25, -0.2) is 4.98 Å². The zero-order chi connectivity index (χ0) is 14.7. The van der Waals surface area contributed by atoms with Gasteiger partial charge in [-0.2, -0.15) is 0 Å². The highest BCUT2D eigenvalue weighted by atomic mass is 32.1. The van der Waals surface area contributed by atoms with Crippen molar-refractivity contribution in [2.24, 2.45) is 0 Å². The number of hydrogen-bond acceptors (Lipinski definition) is 3. The Bertz CT molecular complexity index is 820. The van der Waals surface area contributed by atoms with E-state index in [2.05, 4.69) is 29.4 Å². The van der Waals surface area contributed by atoms with Gasteiger partial charge in [-0.3, -0.25) is 0 Å². The Kier molecular flexibility index (Phi) is 4.05. The van der Waals surface area contributed by atoms with Crippen LogP contribution in [-0.2, 0) is 13.0 Å². The molecule has 0 atom stereocenters. The van der Waals surface area contributed by atoms with E-state index in [1.807, 2.05) is 29.6 Å². The largest absolute Gasteiger partial charge is 0.384 e. The highest BCUT2D eigenvalue weighted by Gasteiger charge is 2.11. The molecule has 106 valence electrons. The highest BCUT2D eigenvalue weighted by Crippen LogP contribution is 2.22. The van der Waals surface area contributed by atoms with E-state index in [1.165, 1.54) is 4.88 Å². The van der Waals surface area contributed by atoms with Gasteiger partial charge in [0, 0.05) is 16.9 Å². The number of hydrogen-bond donors (Lipinski definition) is 1. The molecule has 21 heavy (non-hydrogen) atoms. The van der Waals surface area contributed by atoms with Gasteiger partial charge in [-0.15, -0.1) is 11.3 Å². The number of rotatable bonds is 3. The van der Waals surface area contributed by atoms with Gasteiger partial charge in [0.2, 0.25) is 0 Å². The van der Waals surface area contributed by atoms with Gasteiger partial charge in [0.15, 0.2) is 0 Å². The Labute approximate surface area is 127 Å². The first-order chi connectivity index (χ1) is 10.3. The molecule has 0 amide bonds. The molecule has 0 fully saturated rings. The van der Waals surface area contributed by atoms with Crippen molar-refractivity contribution in [1.82, 2.24) is 9.55 Å². The smallest absolute Gasteiger partial charge is 0.109 e. The molecule has 2 heterocycles. The highest BCUT2D eigenvalue weighted by molar-refractivity contribution is 7.10. The molecule has 4 heteroatoms. The molecule has 0 saturated heterocycles. The molecule has 0 aliphatic carbocycles. The molecule has 0 bridgehead atoms. The summed E-state index contributed by atoms with van der Waals surface area (Å²) in [5.74, 6) is 6.83. The van der Waals surface area contributed by atoms with Crippen LogP contribution in [0.5, 0.6) is 0 Å². The van der Waals surface area contributed by atoms with Crippen LogP contribution >= 0.6 is 11.3 Å². The van der Waals surface area contributed by atoms with Crippen LogP contribution in [0.1, 0.15) is 23.2 Å². The number of thiophene rings is 1. The molecular formula is C17H16N2OS. The monoisotopic (exact) mass is 296 g/mol. The molecule has 0 radical (unpaired) electrons. The van der Waals surface area contributed by atoms with Crippen LogP contribution in [0.2, 0.25) is 0 Å². The Balaban J connectivity index is 2.04. The van der Waals surface area contributed by atoms with Crippen LogP contribution in [0.15, 0.2) is 35.7 Å². The molecule has 0 aliphatic rings. The topological polar surface area (TPSA) is 38.0 Å². The number of benzene rings is 1. The number of imidazole rings is 1. The van der Waals surface area contributed by atoms with Crippen molar-refractivity contribution < 1.29 is 5.11 Å². The van der Waals surface area contributed by atoms with Gasteiger partial charge in [0.1, 0.15) is 12.4 Å². The summed E-state index contributed by atoms with van der Waals surface area (Å²) >= 11 is 1.69. The zero-order valence-corrected chi connectivity index (χ0v) is 12.7. The lowest BCUT2D eigenvalue weighted by Gasteiger charge is -2.07. The summed E-state index contributed by atoms with van der Waals surface area (Å²) in [4.78, 5) is 5.90. The number of aliphatic hydroxyl groups excluding tert-OH is 1. The Morgan fingerprint density at radius 3 is 2.95 bits per heavy atom. The van der Waals surface area contributed by atoms with Crippen LogP contribution in [-0.4, -0.2) is 21.3 Å². The van der Waals surface area contributed by atoms with Gasteiger partial charge in [-0.1, -0.05) is 30.9 Å². The van der Waals surface area contributed by atoms with Crippen molar-refractivity contribution in [2.75, 3.05) is 6.61 Å². The van der Waals surface area contributed by atoms with Crippen molar-refractivity contribution in [3.63, 3.8) is 0 Å². The lowest BCUT2D eigenvalue weighted by molar-refractivity contribution is 0.350. The van der Waals surface area contributed by atoms with Gasteiger partial charge in [0.05, 0.1) is 17.6 Å². The quantitative estimate of drug-likeness (QED) is 0.754. The molecule has 0 spiro atoms. The summed E-state index contributed by atoms with van der Waals surface area (Å²) in [5, 5.41) is 10.9. The number of para-hydroxylation sites is 2. The minimum atomic E-state index is -0.108. The van der Waals surface area contributed by atoms with Crippen molar-refractivity contribution in [3.05, 3.63) is 52.0 Å². The van der Waals surface area contributed by atoms with Crippen LogP contribution in [0, 0.1) is 11.8 Å². The molecule has 0 saturated carbocycles. The zero-order valence-electron chi connectivity index (χ0n) is 11.8. The first-order valence-corrected chi connectivity index (χ1v) is 7.81. The molecule has 3 aromatic rings. The second kappa shape index (κ2) is 6.13.